The smallest absolute Gasteiger partial charge is 0.272 e. The number of benzene rings is 2. The summed E-state index contributed by atoms with van der Waals surface area (Å²) in [5.74, 6) is 2.00. The molecule has 2 atom stereocenters. The standard InChI is InChI=1S/C24H23N3O2/c1-29-18-9-7-17(8-10-18)27-22-19-13-15(19)14-20(22)21(26-27)23(28)25-24(11-12-24)16-5-3-2-4-6-16/h2-10,15,19H,11-14H2,1H3,(H,25,28)/t15-,19-/m1/s1. The highest BCUT2D eigenvalue weighted by Gasteiger charge is 2.51. The lowest BCUT2D eigenvalue weighted by Gasteiger charge is -2.17. The van der Waals surface area contributed by atoms with Crippen LogP contribution in [0.1, 0.15) is 52.5 Å². The number of carbonyl (C=O) groups is 1. The minimum Gasteiger partial charge on any atom is -0.497 e. The average Bonchev–Trinajstić information content (AvgIpc) is 3.64. The maximum Gasteiger partial charge on any atom is 0.272 e. The summed E-state index contributed by atoms with van der Waals surface area (Å²) in [6.45, 7) is 0. The molecule has 1 aromatic heterocycles. The number of fused-ring (bicyclic) bond motifs is 3. The second kappa shape index (κ2) is 5.96. The van der Waals surface area contributed by atoms with Crippen LogP contribution in [0.25, 0.3) is 5.69 Å². The second-order valence-electron chi connectivity index (χ2n) is 8.53. The van der Waals surface area contributed by atoms with Crippen LogP contribution >= 0.6 is 0 Å². The van der Waals surface area contributed by atoms with Crippen LogP contribution in [0.4, 0.5) is 0 Å². The highest BCUT2D eigenvalue weighted by molar-refractivity contribution is 5.95. The molecule has 0 spiro atoms. The van der Waals surface area contributed by atoms with Crippen LogP contribution in [-0.4, -0.2) is 22.8 Å². The van der Waals surface area contributed by atoms with Gasteiger partial charge >= 0.3 is 0 Å². The minimum absolute atomic E-state index is 0.0452. The highest BCUT2D eigenvalue weighted by Crippen LogP contribution is 2.57. The maximum absolute atomic E-state index is 13.3. The molecule has 5 heteroatoms. The largest absolute Gasteiger partial charge is 0.497 e. The van der Waals surface area contributed by atoms with Crippen molar-refractivity contribution in [1.29, 1.82) is 0 Å². The van der Waals surface area contributed by atoms with Gasteiger partial charge in [0.25, 0.3) is 5.91 Å². The molecule has 3 aliphatic rings. The fraction of sp³-hybridized carbons (Fsp3) is 0.333. The number of ether oxygens (including phenoxy) is 1. The van der Waals surface area contributed by atoms with E-state index in [1.54, 1.807) is 7.11 Å². The Bertz CT molecular complexity index is 1100. The molecule has 2 saturated carbocycles. The van der Waals surface area contributed by atoms with E-state index in [9.17, 15) is 4.79 Å². The summed E-state index contributed by atoms with van der Waals surface area (Å²) in [5, 5.41) is 8.11. The van der Waals surface area contributed by atoms with E-state index in [0.29, 0.717) is 17.5 Å². The van der Waals surface area contributed by atoms with Crippen molar-refractivity contribution in [3.63, 3.8) is 0 Å². The van der Waals surface area contributed by atoms with Crippen molar-refractivity contribution in [2.75, 3.05) is 7.11 Å². The number of nitrogens with zero attached hydrogens (tertiary/aromatic N) is 2. The minimum atomic E-state index is -0.226. The summed E-state index contributed by atoms with van der Waals surface area (Å²) in [6.07, 6.45) is 4.14. The van der Waals surface area contributed by atoms with Gasteiger partial charge in [-0.05, 0) is 61.4 Å². The summed E-state index contributed by atoms with van der Waals surface area (Å²) in [5.41, 5.74) is 4.92. The lowest BCUT2D eigenvalue weighted by molar-refractivity contribution is 0.0924. The molecule has 0 radical (unpaired) electrons. The van der Waals surface area contributed by atoms with Gasteiger partial charge in [-0.1, -0.05) is 30.3 Å². The van der Waals surface area contributed by atoms with E-state index >= 15 is 0 Å². The number of methoxy groups -OCH3 is 1. The van der Waals surface area contributed by atoms with Gasteiger partial charge in [-0.25, -0.2) is 4.68 Å². The van der Waals surface area contributed by atoms with Crippen LogP contribution in [0.5, 0.6) is 5.75 Å². The fourth-order valence-corrected chi connectivity index (χ4v) is 4.86. The van der Waals surface area contributed by atoms with E-state index in [-0.39, 0.29) is 11.4 Å². The zero-order valence-corrected chi connectivity index (χ0v) is 16.4. The molecule has 3 aromatic rings. The predicted molar refractivity (Wildman–Crippen MR) is 109 cm³/mol. The van der Waals surface area contributed by atoms with Crippen LogP contribution < -0.4 is 10.1 Å². The SMILES string of the molecule is COc1ccc(-n2nc(C(=O)NC3(c4ccccc4)CC3)c3c2[C@@H]2C[C@@H]2C3)cc1. The molecule has 29 heavy (non-hydrogen) atoms. The molecule has 2 fully saturated rings. The first kappa shape index (κ1) is 16.8. The Morgan fingerprint density at radius 2 is 1.90 bits per heavy atom. The van der Waals surface area contributed by atoms with Gasteiger partial charge in [0.1, 0.15) is 5.75 Å². The maximum atomic E-state index is 13.3. The number of hydrogen-bond acceptors (Lipinski definition) is 3. The van der Waals surface area contributed by atoms with Gasteiger partial charge in [0.2, 0.25) is 0 Å². The fourth-order valence-electron chi connectivity index (χ4n) is 4.86. The summed E-state index contributed by atoms with van der Waals surface area (Å²) >= 11 is 0. The monoisotopic (exact) mass is 385 g/mol. The Balaban J connectivity index is 1.35. The number of aromatic nitrogens is 2. The second-order valence-corrected chi connectivity index (χ2v) is 8.53. The molecule has 3 aliphatic carbocycles. The topological polar surface area (TPSA) is 56.2 Å². The molecule has 0 saturated heterocycles. The summed E-state index contributed by atoms with van der Waals surface area (Å²) < 4.78 is 7.27. The lowest BCUT2D eigenvalue weighted by Crippen LogP contribution is -2.35. The van der Waals surface area contributed by atoms with Crippen molar-refractivity contribution in [1.82, 2.24) is 15.1 Å². The van der Waals surface area contributed by atoms with E-state index in [0.717, 1.165) is 36.3 Å². The molecule has 0 bridgehead atoms. The number of rotatable bonds is 5. The van der Waals surface area contributed by atoms with Gasteiger partial charge in [-0.2, -0.15) is 5.10 Å². The normalized spacial score (nSPS) is 22.5. The van der Waals surface area contributed by atoms with Gasteiger partial charge < -0.3 is 10.1 Å². The molecule has 1 amide bonds. The van der Waals surface area contributed by atoms with Gasteiger partial charge in [-0.3, -0.25) is 4.79 Å². The third kappa shape index (κ3) is 2.60. The highest BCUT2D eigenvalue weighted by atomic mass is 16.5. The van der Waals surface area contributed by atoms with Gasteiger partial charge in [-0.15, -0.1) is 0 Å². The van der Waals surface area contributed by atoms with Crippen molar-refractivity contribution in [2.24, 2.45) is 5.92 Å². The van der Waals surface area contributed by atoms with Gasteiger partial charge in [0.15, 0.2) is 5.69 Å². The van der Waals surface area contributed by atoms with E-state index < -0.39 is 0 Å². The Labute approximate surface area is 169 Å². The number of hydrogen-bond donors (Lipinski definition) is 1. The van der Waals surface area contributed by atoms with Crippen LogP contribution in [0, 0.1) is 5.92 Å². The molecular formula is C24H23N3O2. The Hall–Kier alpha value is -3.08. The molecule has 6 rings (SSSR count). The zero-order chi connectivity index (χ0) is 19.6. The molecule has 1 heterocycles. The lowest BCUT2D eigenvalue weighted by atomic mass is 10.0. The van der Waals surface area contributed by atoms with E-state index in [2.05, 4.69) is 17.4 Å². The molecule has 0 aliphatic heterocycles. The predicted octanol–water partition coefficient (Wildman–Crippen LogP) is 3.96. The van der Waals surface area contributed by atoms with Gasteiger partial charge in [0, 0.05) is 11.5 Å². The molecule has 146 valence electrons. The van der Waals surface area contributed by atoms with Crippen molar-refractivity contribution < 1.29 is 9.53 Å². The Kier molecular flexibility index (Phi) is 3.46. The number of nitrogens with one attached hydrogen (secondary N) is 1. The first-order valence-corrected chi connectivity index (χ1v) is 10.3. The molecular weight excluding hydrogens is 362 g/mol. The summed E-state index contributed by atoms with van der Waals surface area (Å²) in [7, 11) is 1.66. The van der Waals surface area contributed by atoms with E-state index in [1.807, 2.05) is 47.1 Å². The Morgan fingerprint density at radius 1 is 1.14 bits per heavy atom. The average molecular weight is 385 g/mol. The van der Waals surface area contributed by atoms with E-state index in [4.69, 9.17) is 9.84 Å². The molecule has 5 nitrogen and oxygen atoms in total. The van der Waals surface area contributed by atoms with Gasteiger partial charge in [0.05, 0.1) is 24.0 Å². The summed E-state index contributed by atoms with van der Waals surface area (Å²) in [4.78, 5) is 13.3. The van der Waals surface area contributed by atoms with Crippen molar-refractivity contribution in [2.45, 2.75) is 37.1 Å². The molecule has 2 aromatic carbocycles. The first-order valence-electron chi connectivity index (χ1n) is 10.3. The van der Waals surface area contributed by atoms with Crippen molar-refractivity contribution in [3.05, 3.63) is 77.1 Å². The van der Waals surface area contributed by atoms with Crippen LogP contribution in [-0.2, 0) is 12.0 Å². The number of amides is 1. The van der Waals surface area contributed by atoms with E-state index in [1.165, 1.54) is 17.7 Å². The number of carbonyl (C=O) groups excluding carboxylic acids is 1. The summed E-state index contributed by atoms with van der Waals surface area (Å²) in [6, 6.07) is 18.2. The quantitative estimate of drug-likeness (QED) is 0.723. The molecule has 0 unspecified atom stereocenters. The third-order valence-electron chi connectivity index (χ3n) is 6.72. The van der Waals surface area contributed by atoms with Crippen LogP contribution in [0.2, 0.25) is 0 Å². The van der Waals surface area contributed by atoms with Crippen molar-refractivity contribution >= 4 is 5.91 Å². The first-order chi connectivity index (χ1) is 14.2. The van der Waals surface area contributed by atoms with Crippen molar-refractivity contribution in [3.8, 4) is 11.4 Å². The third-order valence-corrected chi connectivity index (χ3v) is 6.72. The van der Waals surface area contributed by atoms with Crippen LogP contribution in [0.15, 0.2) is 54.6 Å². The Morgan fingerprint density at radius 3 is 2.59 bits per heavy atom. The zero-order valence-electron chi connectivity index (χ0n) is 16.4. The molecule has 1 N–H and O–H groups in total. The van der Waals surface area contributed by atoms with Crippen LogP contribution in [0.3, 0.4) is 0 Å².